The molecule has 2 aliphatic heterocycles. The molecular weight excluding hydrogens is 334 g/mol. The van der Waals surface area contributed by atoms with Crippen LogP contribution in [0.15, 0.2) is 24.3 Å². The predicted molar refractivity (Wildman–Crippen MR) is 97.1 cm³/mol. The summed E-state index contributed by atoms with van der Waals surface area (Å²) in [5, 5.41) is 11.3. The average molecular weight is 359 g/mol. The molecule has 1 aromatic rings. The molecule has 2 saturated heterocycles. The fourth-order valence-electron chi connectivity index (χ4n) is 3.85. The van der Waals surface area contributed by atoms with Crippen molar-refractivity contribution in [3.8, 4) is 0 Å². The number of anilines is 1. The van der Waals surface area contributed by atoms with Gasteiger partial charge in [-0.1, -0.05) is 12.1 Å². The van der Waals surface area contributed by atoms with Gasteiger partial charge >= 0.3 is 5.97 Å². The molecule has 0 bridgehead atoms. The lowest BCUT2D eigenvalue weighted by Crippen LogP contribution is -2.51. The Morgan fingerprint density at radius 2 is 2.00 bits per heavy atom. The number of benzene rings is 1. The highest BCUT2D eigenvalue weighted by molar-refractivity contribution is 6.01. The summed E-state index contributed by atoms with van der Waals surface area (Å²) in [7, 11) is 1.88. The number of aliphatic carboxylic acids is 1. The minimum absolute atomic E-state index is 0.102. The summed E-state index contributed by atoms with van der Waals surface area (Å²) in [6, 6.07) is 7.85. The predicted octanol–water partition coefficient (Wildman–Crippen LogP) is 1.19. The first-order valence-corrected chi connectivity index (χ1v) is 9.04. The summed E-state index contributed by atoms with van der Waals surface area (Å²) in [6.07, 6.45) is 2.75. The van der Waals surface area contributed by atoms with Crippen LogP contribution in [0.2, 0.25) is 0 Å². The molecule has 2 amide bonds. The number of rotatable bonds is 5. The van der Waals surface area contributed by atoms with E-state index in [9.17, 15) is 14.4 Å². The second kappa shape index (κ2) is 7.86. The Bertz CT molecular complexity index is 698. The van der Waals surface area contributed by atoms with Gasteiger partial charge in [-0.05, 0) is 56.0 Å². The van der Waals surface area contributed by atoms with Crippen LogP contribution < -0.4 is 10.2 Å². The van der Waals surface area contributed by atoms with Gasteiger partial charge in [0.1, 0.15) is 6.04 Å². The van der Waals surface area contributed by atoms with Crippen LogP contribution in [-0.4, -0.2) is 60.5 Å². The molecule has 2 fully saturated rings. The lowest BCUT2D eigenvalue weighted by Gasteiger charge is -2.33. The molecule has 7 nitrogen and oxygen atoms in total. The van der Waals surface area contributed by atoms with Crippen LogP contribution in [0.25, 0.3) is 0 Å². The maximum Gasteiger partial charge on any atom is 0.317 e. The largest absolute Gasteiger partial charge is 0.480 e. The number of carbonyl (C=O) groups excluding carboxylic acids is 2. The van der Waals surface area contributed by atoms with Crippen LogP contribution in [0, 0.1) is 0 Å². The van der Waals surface area contributed by atoms with Gasteiger partial charge in [-0.3, -0.25) is 24.6 Å². The van der Waals surface area contributed by atoms with Crippen LogP contribution in [-0.2, 0) is 14.4 Å². The number of likely N-dealkylation sites (N-methyl/N-ethyl adjacent to an activating group) is 1. The van der Waals surface area contributed by atoms with E-state index in [0.717, 1.165) is 31.6 Å². The molecule has 7 heteroatoms. The van der Waals surface area contributed by atoms with E-state index < -0.39 is 5.97 Å². The third kappa shape index (κ3) is 4.22. The molecule has 0 saturated carbocycles. The van der Waals surface area contributed by atoms with E-state index in [1.54, 1.807) is 0 Å². The van der Waals surface area contributed by atoms with Crippen molar-refractivity contribution in [1.29, 1.82) is 0 Å². The lowest BCUT2D eigenvalue weighted by atomic mass is 9.89. The molecule has 1 atom stereocenters. The fraction of sp³-hybridized carbons (Fsp3) is 0.526. The normalized spacial score (nSPS) is 22.1. The number of likely N-dealkylation sites (tertiary alicyclic amines) is 1. The molecule has 0 radical (unpaired) electrons. The Hall–Kier alpha value is -2.41. The smallest absolute Gasteiger partial charge is 0.317 e. The molecule has 0 aromatic heterocycles. The van der Waals surface area contributed by atoms with Gasteiger partial charge in [0.15, 0.2) is 0 Å². The summed E-state index contributed by atoms with van der Waals surface area (Å²) in [6.45, 7) is 1.67. The number of carboxylic acid groups (broad SMARTS) is 1. The number of carboxylic acids is 1. The summed E-state index contributed by atoms with van der Waals surface area (Å²) >= 11 is 0. The van der Waals surface area contributed by atoms with Crippen LogP contribution in [0.5, 0.6) is 0 Å². The Balaban J connectivity index is 1.66. The first-order chi connectivity index (χ1) is 12.4. The van der Waals surface area contributed by atoms with Gasteiger partial charge in [-0.2, -0.15) is 0 Å². The highest BCUT2D eigenvalue weighted by atomic mass is 16.4. The molecule has 2 N–H and O–H groups in total. The summed E-state index contributed by atoms with van der Waals surface area (Å²) < 4.78 is 0. The monoisotopic (exact) mass is 359 g/mol. The average Bonchev–Trinajstić information content (AvgIpc) is 2.61. The van der Waals surface area contributed by atoms with Crippen LogP contribution in [0.4, 0.5) is 5.69 Å². The molecule has 140 valence electrons. The van der Waals surface area contributed by atoms with Crippen molar-refractivity contribution in [3.63, 3.8) is 0 Å². The quantitative estimate of drug-likeness (QED) is 0.768. The van der Waals surface area contributed by atoms with E-state index in [2.05, 4.69) is 17.4 Å². The van der Waals surface area contributed by atoms with Crippen molar-refractivity contribution < 1.29 is 19.5 Å². The van der Waals surface area contributed by atoms with Crippen molar-refractivity contribution >= 4 is 23.5 Å². The van der Waals surface area contributed by atoms with Gasteiger partial charge in [0.05, 0.1) is 6.54 Å². The van der Waals surface area contributed by atoms with Gasteiger partial charge in [0.2, 0.25) is 11.8 Å². The molecular formula is C19H25N3O4. The standard InChI is InChI=1S/C19H25N3O4/c1-21(16-5-6-17(23)20-19(16)26)15-4-2-3-14(11-15)13-7-9-22(10-8-13)12-18(24)25/h2-4,11,13,16H,5-10,12H2,1H3,(H,24,25)(H,20,23,26). The van der Waals surface area contributed by atoms with Gasteiger partial charge in [-0.25, -0.2) is 0 Å². The minimum Gasteiger partial charge on any atom is -0.480 e. The highest BCUT2D eigenvalue weighted by Gasteiger charge is 2.30. The summed E-state index contributed by atoms with van der Waals surface area (Å²) in [5.41, 5.74) is 2.18. The van der Waals surface area contributed by atoms with Crippen molar-refractivity contribution in [3.05, 3.63) is 29.8 Å². The van der Waals surface area contributed by atoms with Crippen LogP contribution in [0.1, 0.15) is 37.2 Å². The van der Waals surface area contributed by atoms with Gasteiger partial charge in [0, 0.05) is 19.2 Å². The van der Waals surface area contributed by atoms with Crippen molar-refractivity contribution in [2.75, 3.05) is 31.6 Å². The maximum absolute atomic E-state index is 12.1. The lowest BCUT2D eigenvalue weighted by molar-refractivity contribution is -0.138. The molecule has 0 aliphatic carbocycles. The Kier molecular flexibility index (Phi) is 5.56. The van der Waals surface area contributed by atoms with E-state index in [4.69, 9.17) is 5.11 Å². The first-order valence-electron chi connectivity index (χ1n) is 9.04. The number of hydrogen-bond donors (Lipinski definition) is 2. The number of carbonyl (C=O) groups is 3. The number of nitrogens with one attached hydrogen (secondary N) is 1. The fourth-order valence-corrected chi connectivity index (χ4v) is 3.85. The van der Waals surface area contributed by atoms with Crippen molar-refractivity contribution in [1.82, 2.24) is 10.2 Å². The van der Waals surface area contributed by atoms with Crippen molar-refractivity contribution in [2.24, 2.45) is 0 Å². The Morgan fingerprint density at radius 1 is 1.27 bits per heavy atom. The van der Waals surface area contributed by atoms with Crippen LogP contribution >= 0.6 is 0 Å². The third-order valence-corrected chi connectivity index (χ3v) is 5.37. The van der Waals surface area contributed by atoms with Gasteiger partial charge in [-0.15, -0.1) is 0 Å². The summed E-state index contributed by atoms with van der Waals surface area (Å²) in [4.78, 5) is 38.2. The van der Waals surface area contributed by atoms with E-state index in [1.165, 1.54) is 5.56 Å². The zero-order valence-electron chi connectivity index (χ0n) is 15.0. The number of imide groups is 1. The van der Waals surface area contributed by atoms with Crippen LogP contribution in [0.3, 0.4) is 0 Å². The molecule has 0 spiro atoms. The number of piperidine rings is 2. The van der Waals surface area contributed by atoms with Crippen molar-refractivity contribution in [2.45, 2.75) is 37.6 Å². The number of hydrogen-bond acceptors (Lipinski definition) is 5. The SMILES string of the molecule is CN(c1cccc(C2CCN(CC(=O)O)CC2)c1)C1CCC(=O)NC1=O. The minimum atomic E-state index is -0.781. The summed E-state index contributed by atoms with van der Waals surface area (Å²) in [5.74, 6) is -0.830. The number of amides is 2. The molecule has 2 heterocycles. The zero-order chi connectivity index (χ0) is 18.7. The second-order valence-electron chi connectivity index (χ2n) is 7.12. The van der Waals surface area contributed by atoms with E-state index in [0.29, 0.717) is 18.8 Å². The first kappa shape index (κ1) is 18.4. The molecule has 26 heavy (non-hydrogen) atoms. The molecule has 3 rings (SSSR count). The van der Waals surface area contributed by atoms with Gasteiger partial charge < -0.3 is 10.0 Å². The second-order valence-corrected chi connectivity index (χ2v) is 7.12. The zero-order valence-corrected chi connectivity index (χ0v) is 15.0. The molecule has 1 unspecified atom stereocenters. The van der Waals surface area contributed by atoms with E-state index in [-0.39, 0.29) is 24.4 Å². The highest BCUT2D eigenvalue weighted by Crippen LogP contribution is 2.31. The molecule has 2 aliphatic rings. The molecule has 1 aromatic carbocycles. The number of nitrogens with zero attached hydrogens (tertiary/aromatic N) is 2. The maximum atomic E-state index is 12.1. The topological polar surface area (TPSA) is 89.9 Å². The van der Waals surface area contributed by atoms with E-state index >= 15 is 0 Å². The Labute approximate surface area is 153 Å². The Morgan fingerprint density at radius 3 is 2.65 bits per heavy atom. The van der Waals surface area contributed by atoms with Gasteiger partial charge in [0.25, 0.3) is 0 Å². The van der Waals surface area contributed by atoms with E-state index in [1.807, 2.05) is 29.0 Å². The third-order valence-electron chi connectivity index (χ3n) is 5.37.